The van der Waals surface area contributed by atoms with Gasteiger partial charge in [-0.15, -0.1) is 0 Å². The number of hydrogen-bond donors (Lipinski definition) is 0. The predicted octanol–water partition coefficient (Wildman–Crippen LogP) is 5.21. The molecule has 0 saturated carbocycles. The van der Waals surface area contributed by atoms with Gasteiger partial charge in [0.25, 0.3) is 0 Å². The van der Waals surface area contributed by atoms with Crippen LogP contribution in [-0.2, 0) is 23.9 Å². The first-order valence-corrected chi connectivity index (χ1v) is 12.7. The van der Waals surface area contributed by atoms with Crippen LogP contribution in [0.15, 0.2) is 47.3 Å². The third-order valence-corrected chi connectivity index (χ3v) is 6.86. The first-order chi connectivity index (χ1) is 16.5. The number of nitrogens with zero attached hydrogens (tertiary/aromatic N) is 1. The topological polar surface area (TPSA) is 72.9 Å². The molecule has 1 aliphatic carbocycles. The summed E-state index contributed by atoms with van der Waals surface area (Å²) in [5, 5.41) is 0. The van der Waals surface area contributed by atoms with Crippen molar-refractivity contribution in [2.24, 2.45) is 17.3 Å². The Bertz CT molecular complexity index is 883. The molecule has 2 rings (SSSR count). The molecule has 1 saturated heterocycles. The van der Waals surface area contributed by atoms with E-state index in [0.29, 0.717) is 19.8 Å². The highest BCUT2D eigenvalue weighted by atomic mass is 16.5. The summed E-state index contributed by atoms with van der Waals surface area (Å²) in [5.74, 6) is -1.15. The van der Waals surface area contributed by atoms with Gasteiger partial charge in [0, 0.05) is 43.6 Å². The number of ether oxygens (including phenoxy) is 2. The Hall–Kier alpha value is -2.31. The molecule has 0 aromatic heterocycles. The molecule has 6 nitrogen and oxygen atoms in total. The Balaban J connectivity index is 2.41. The van der Waals surface area contributed by atoms with Crippen molar-refractivity contribution in [3.05, 3.63) is 47.3 Å². The monoisotopic (exact) mass is 485 g/mol. The van der Waals surface area contributed by atoms with E-state index < -0.39 is 11.9 Å². The second-order valence-corrected chi connectivity index (χ2v) is 10.7. The number of ketones is 2. The van der Waals surface area contributed by atoms with E-state index in [0.717, 1.165) is 43.5 Å². The van der Waals surface area contributed by atoms with Crippen molar-refractivity contribution in [2.75, 3.05) is 32.8 Å². The van der Waals surface area contributed by atoms with Crippen LogP contribution in [0.2, 0.25) is 0 Å². The minimum absolute atomic E-state index is 0.0115. The molecule has 0 N–H and O–H groups in total. The fourth-order valence-electron chi connectivity index (χ4n) is 4.94. The fourth-order valence-corrected chi connectivity index (χ4v) is 4.94. The average molecular weight is 486 g/mol. The first kappa shape index (κ1) is 28.9. The number of allylic oxidation sites excluding steroid dienone is 5. The standard InChI is InChI=1S/C29H43NO5/c1-21(2)8-7-11-29(6)12-9-24(20-30-13-16-34-17-14-30)28(33)25(19-23(5)31)26(29)10-15-35-27(32)18-22(3)4/h8-10,15,18,25-26H,7,11-14,16-17,19-20H2,1-6H3/b15-10+/t25-,26-,29-/m0/s1. The van der Waals surface area contributed by atoms with Crippen LogP contribution in [0, 0.1) is 17.3 Å². The summed E-state index contributed by atoms with van der Waals surface area (Å²) < 4.78 is 10.8. The number of esters is 1. The van der Waals surface area contributed by atoms with Crippen LogP contribution in [0.1, 0.15) is 67.2 Å². The van der Waals surface area contributed by atoms with Crippen molar-refractivity contribution >= 4 is 17.5 Å². The highest BCUT2D eigenvalue weighted by molar-refractivity contribution is 6.00. The van der Waals surface area contributed by atoms with E-state index in [2.05, 4.69) is 37.8 Å². The number of morpholine rings is 1. The summed E-state index contributed by atoms with van der Waals surface area (Å²) in [6, 6.07) is 0. The molecule has 3 atom stereocenters. The van der Waals surface area contributed by atoms with E-state index in [-0.39, 0.29) is 29.3 Å². The summed E-state index contributed by atoms with van der Waals surface area (Å²) in [6.07, 6.45) is 11.6. The Morgan fingerprint density at radius 1 is 1.14 bits per heavy atom. The summed E-state index contributed by atoms with van der Waals surface area (Å²) in [6.45, 7) is 15.1. The fraction of sp³-hybridized carbons (Fsp3) is 0.621. The highest BCUT2D eigenvalue weighted by Gasteiger charge is 2.43. The molecule has 35 heavy (non-hydrogen) atoms. The van der Waals surface area contributed by atoms with E-state index in [1.54, 1.807) is 6.92 Å². The highest BCUT2D eigenvalue weighted by Crippen LogP contribution is 2.46. The molecule has 194 valence electrons. The van der Waals surface area contributed by atoms with Crippen LogP contribution in [0.3, 0.4) is 0 Å². The minimum Gasteiger partial charge on any atom is -0.432 e. The van der Waals surface area contributed by atoms with Gasteiger partial charge in [0.15, 0.2) is 5.78 Å². The second-order valence-electron chi connectivity index (χ2n) is 10.7. The Morgan fingerprint density at radius 3 is 2.43 bits per heavy atom. The quantitative estimate of drug-likeness (QED) is 0.183. The minimum atomic E-state index is -0.489. The number of carbonyl (C=O) groups excluding carboxylic acids is 3. The van der Waals surface area contributed by atoms with Crippen molar-refractivity contribution in [2.45, 2.75) is 67.2 Å². The molecule has 1 aliphatic heterocycles. The Kier molecular flexibility index (Phi) is 11.3. The van der Waals surface area contributed by atoms with E-state index in [1.807, 2.05) is 19.9 Å². The van der Waals surface area contributed by atoms with Gasteiger partial charge in [-0.2, -0.15) is 0 Å². The van der Waals surface area contributed by atoms with Crippen LogP contribution in [0.25, 0.3) is 0 Å². The van der Waals surface area contributed by atoms with Gasteiger partial charge >= 0.3 is 5.97 Å². The van der Waals surface area contributed by atoms with Gasteiger partial charge in [0.2, 0.25) is 0 Å². The first-order valence-electron chi connectivity index (χ1n) is 12.7. The van der Waals surface area contributed by atoms with Gasteiger partial charge in [-0.1, -0.05) is 30.2 Å². The maximum Gasteiger partial charge on any atom is 0.335 e. The summed E-state index contributed by atoms with van der Waals surface area (Å²) in [7, 11) is 0. The van der Waals surface area contributed by atoms with Crippen molar-refractivity contribution in [3.63, 3.8) is 0 Å². The molecule has 6 heteroatoms. The van der Waals surface area contributed by atoms with Gasteiger partial charge in [0.1, 0.15) is 5.78 Å². The van der Waals surface area contributed by atoms with Crippen molar-refractivity contribution in [1.82, 2.24) is 4.90 Å². The molecule has 2 aliphatic rings. The molecular weight excluding hydrogens is 442 g/mol. The van der Waals surface area contributed by atoms with Gasteiger partial charge in [-0.05, 0) is 71.3 Å². The molecular formula is C29H43NO5. The number of carbonyl (C=O) groups is 3. The summed E-state index contributed by atoms with van der Waals surface area (Å²) >= 11 is 0. The predicted molar refractivity (Wildman–Crippen MR) is 139 cm³/mol. The van der Waals surface area contributed by atoms with Gasteiger partial charge in [-0.25, -0.2) is 4.79 Å². The lowest BCUT2D eigenvalue weighted by Crippen LogP contribution is -2.40. The molecule has 0 amide bonds. The van der Waals surface area contributed by atoms with E-state index >= 15 is 0 Å². The van der Waals surface area contributed by atoms with Gasteiger partial charge < -0.3 is 14.3 Å². The van der Waals surface area contributed by atoms with E-state index in [1.165, 1.54) is 17.9 Å². The van der Waals surface area contributed by atoms with Crippen molar-refractivity contribution in [3.8, 4) is 0 Å². The number of Topliss-reactive ketones (excluding diaryl/α,β-unsaturated/α-hetero) is 2. The Morgan fingerprint density at radius 2 is 1.83 bits per heavy atom. The smallest absolute Gasteiger partial charge is 0.335 e. The Labute approximate surface area is 211 Å². The molecule has 0 spiro atoms. The lowest BCUT2D eigenvalue weighted by atomic mass is 9.65. The van der Waals surface area contributed by atoms with Gasteiger partial charge in [0.05, 0.1) is 19.5 Å². The zero-order chi connectivity index (χ0) is 26.0. The summed E-state index contributed by atoms with van der Waals surface area (Å²) in [4.78, 5) is 40.4. The van der Waals surface area contributed by atoms with E-state index in [9.17, 15) is 14.4 Å². The molecule has 0 aromatic carbocycles. The summed E-state index contributed by atoms with van der Waals surface area (Å²) in [5.41, 5.74) is 2.62. The van der Waals surface area contributed by atoms with Crippen LogP contribution in [0.4, 0.5) is 0 Å². The molecule has 0 aromatic rings. The second kappa shape index (κ2) is 13.7. The van der Waals surface area contributed by atoms with Crippen molar-refractivity contribution < 1.29 is 23.9 Å². The molecule has 0 radical (unpaired) electrons. The normalized spacial score (nSPS) is 25.5. The third kappa shape index (κ3) is 9.34. The lowest BCUT2D eigenvalue weighted by Gasteiger charge is -2.38. The van der Waals surface area contributed by atoms with Crippen LogP contribution in [-0.4, -0.2) is 55.3 Å². The lowest BCUT2D eigenvalue weighted by molar-refractivity contribution is -0.132. The maximum atomic E-state index is 13.8. The van der Waals surface area contributed by atoms with E-state index in [4.69, 9.17) is 9.47 Å². The molecule has 1 fully saturated rings. The zero-order valence-corrected chi connectivity index (χ0v) is 22.4. The van der Waals surface area contributed by atoms with Crippen molar-refractivity contribution in [1.29, 1.82) is 0 Å². The molecule has 0 unspecified atom stereocenters. The van der Waals surface area contributed by atoms with Gasteiger partial charge in [-0.3, -0.25) is 9.69 Å². The average Bonchev–Trinajstić information content (AvgIpc) is 2.85. The van der Waals surface area contributed by atoms with Crippen LogP contribution in [0.5, 0.6) is 0 Å². The maximum absolute atomic E-state index is 13.8. The van der Waals surface area contributed by atoms with Crippen LogP contribution < -0.4 is 0 Å². The number of rotatable bonds is 10. The largest absolute Gasteiger partial charge is 0.432 e. The van der Waals surface area contributed by atoms with Crippen LogP contribution >= 0.6 is 0 Å². The third-order valence-electron chi connectivity index (χ3n) is 6.86. The SMILES string of the molecule is CC(=O)C[C@@H]1C(=O)C(CN2CCOCC2)=CC[C@](C)(CCC=C(C)C)[C@H]1/C=C/OC(=O)C=C(C)C. The number of hydrogen-bond acceptors (Lipinski definition) is 6. The molecule has 0 bridgehead atoms. The molecule has 1 heterocycles. The zero-order valence-electron chi connectivity index (χ0n) is 22.4.